The van der Waals surface area contributed by atoms with Crippen LogP contribution in [-0.4, -0.2) is 22.4 Å². The van der Waals surface area contributed by atoms with Gasteiger partial charge in [0.25, 0.3) is 5.91 Å². The van der Waals surface area contributed by atoms with Gasteiger partial charge in [-0.25, -0.2) is 4.98 Å². The Labute approximate surface area is 181 Å². The summed E-state index contributed by atoms with van der Waals surface area (Å²) in [6, 6.07) is 26.8. The zero-order valence-corrected chi connectivity index (χ0v) is 17.3. The number of nitrogens with zero attached hydrogens (tertiary/aromatic N) is 2. The highest BCUT2D eigenvalue weighted by Gasteiger charge is 2.07. The molecule has 0 unspecified atom stereocenters. The van der Waals surface area contributed by atoms with Gasteiger partial charge in [0, 0.05) is 29.9 Å². The standard InChI is InChI=1S/C26H23N3O2/c1-19-7-9-21(10-8-19)25-27-18-16-24(29-25)31-23-13-11-22(12-14-23)26(30)28-17-15-20-5-3-2-4-6-20/h2-14,16,18H,15,17H2,1H3,(H,28,30). The number of ether oxygens (including phenoxy) is 1. The molecular formula is C26H23N3O2. The van der Waals surface area contributed by atoms with E-state index in [9.17, 15) is 4.79 Å². The maximum absolute atomic E-state index is 12.4. The summed E-state index contributed by atoms with van der Waals surface area (Å²) in [6.45, 7) is 2.63. The first-order valence-corrected chi connectivity index (χ1v) is 10.2. The minimum absolute atomic E-state index is 0.105. The van der Waals surface area contributed by atoms with Gasteiger partial charge in [-0.15, -0.1) is 0 Å². The highest BCUT2D eigenvalue weighted by molar-refractivity contribution is 5.94. The maximum Gasteiger partial charge on any atom is 0.251 e. The summed E-state index contributed by atoms with van der Waals surface area (Å²) in [5.74, 6) is 1.55. The van der Waals surface area contributed by atoms with Crippen LogP contribution in [0.2, 0.25) is 0 Å². The van der Waals surface area contributed by atoms with Crippen LogP contribution in [0.1, 0.15) is 21.5 Å². The highest BCUT2D eigenvalue weighted by atomic mass is 16.5. The molecule has 0 saturated carbocycles. The molecule has 0 saturated heterocycles. The van der Waals surface area contributed by atoms with Gasteiger partial charge in [-0.05, 0) is 43.2 Å². The minimum atomic E-state index is -0.105. The van der Waals surface area contributed by atoms with Crippen LogP contribution in [0.15, 0.2) is 91.1 Å². The van der Waals surface area contributed by atoms with E-state index in [0.717, 1.165) is 12.0 Å². The Bertz CT molecular complexity index is 1140. The van der Waals surface area contributed by atoms with E-state index in [4.69, 9.17) is 4.74 Å². The van der Waals surface area contributed by atoms with Gasteiger partial charge in [-0.3, -0.25) is 4.79 Å². The smallest absolute Gasteiger partial charge is 0.251 e. The van der Waals surface area contributed by atoms with E-state index in [1.807, 2.05) is 49.4 Å². The van der Waals surface area contributed by atoms with Crippen molar-refractivity contribution in [2.24, 2.45) is 0 Å². The van der Waals surface area contributed by atoms with E-state index >= 15 is 0 Å². The summed E-state index contributed by atoms with van der Waals surface area (Å²) < 4.78 is 5.86. The van der Waals surface area contributed by atoms with Crippen LogP contribution in [0.4, 0.5) is 0 Å². The van der Waals surface area contributed by atoms with E-state index in [0.29, 0.717) is 29.6 Å². The molecule has 0 aliphatic carbocycles. The normalized spacial score (nSPS) is 10.5. The Balaban J connectivity index is 1.35. The Morgan fingerprint density at radius 1 is 0.903 bits per heavy atom. The number of carbonyl (C=O) groups is 1. The van der Waals surface area contributed by atoms with Crippen molar-refractivity contribution < 1.29 is 9.53 Å². The molecule has 0 bridgehead atoms. The molecule has 5 nitrogen and oxygen atoms in total. The molecule has 1 heterocycles. The quantitative estimate of drug-likeness (QED) is 0.455. The van der Waals surface area contributed by atoms with Crippen LogP contribution < -0.4 is 10.1 Å². The lowest BCUT2D eigenvalue weighted by Crippen LogP contribution is -2.25. The van der Waals surface area contributed by atoms with E-state index in [-0.39, 0.29) is 5.91 Å². The van der Waals surface area contributed by atoms with Gasteiger partial charge in [0.15, 0.2) is 5.82 Å². The molecule has 1 N–H and O–H groups in total. The van der Waals surface area contributed by atoms with Crippen molar-refractivity contribution in [3.05, 3.63) is 108 Å². The lowest BCUT2D eigenvalue weighted by molar-refractivity contribution is 0.0954. The number of nitrogens with one attached hydrogen (secondary N) is 1. The maximum atomic E-state index is 12.4. The van der Waals surface area contributed by atoms with E-state index in [1.165, 1.54) is 11.1 Å². The second kappa shape index (κ2) is 9.67. The monoisotopic (exact) mass is 409 g/mol. The number of benzene rings is 3. The number of amides is 1. The molecule has 0 spiro atoms. The van der Waals surface area contributed by atoms with Crippen molar-refractivity contribution in [2.45, 2.75) is 13.3 Å². The number of carbonyl (C=O) groups excluding carboxylic acids is 1. The Morgan fingerprint density at radius 2 is 1.65 bits per heavy atom. The van der Waals surface area contributed by atoms with Crippen LogP contribution in [-0.2, 0) is 6.42 Å². The van der Waals surface area contributed by atoms with Gasteiger partial charge in [0.2, 0.25) is 5.88 Å². The molecule has 31 heavy (non-hydrogen) atoms. The number of rotatable bonds is 7. The molecule has 1 amide bonds. The first-order valence-electron chi connectivity index (χ1n) is 10.2. The molecule has 0 aliphatic rings. The molecule has 4 aromatic rings. The molecule has 0 radical (unpaired) electrons. The third-order valence-corrected chi connectivity index (χ3v) is 4.82. The number of aryl methyl sites for hydroxylation is 1. The highest BCUT2D eigenvalue weighted by Crippen LogP contribution is 2.22. The van der Waals surface area contributed by atoms with Crippen LogP contribution >= 0.6 is 0 Å². The fourth-order valence-electron chi connectivity index (χ4n) is 3.10. The summed E-state index contributed by atoms with van der Waals surface area (Å²) in [7, 11) is 0. The number of aromatic nitrogens is 2. The summed E-state index contributed by atoms with van der Waals surface area (Å²) in [6.07, 6.45) is 2.47. The van der Waals surface area contributed by atoms with Crippen molar-refractivity contribution in [3.63, 3.8) is 0 Å². The Kier molecular flexibility index (Phi) is 6.33. The zero-order chi connectivity index (χ0) is 21.5. The average Bonchev–Trinajstić information content (AvgIpc) is 2.81. The molecule has 3 aromatic carbocycles. The lowest BCUT2D eigenvalue weighted by atomic mass is 10.1. The summed E-state index contributed by atoms with van der Waals surface area (Å²) in [5, 5.41) is 2.95. The molecule has 154 valence electrons. The fourth-order valence-corrected chi connectivity index (χ4v) is 3.10. The van der Waals surface area contributed by atoms with Gasteiger partial charge in [0.05, 0.1) is 0 Å². The fraction of sp³-hybridized carbons (Fsp3) is 0.115. The second-order valence-electron chi connectivity index (χ2n) is 7.20. The second-order valence-corrected chi connectivity index (χ2v) is 7.20. The van der Waals surface area contributed by atoms with Gasteiger partial charge >= 0.3 is 0 Å². The van der Waals surface area contributed by atoms with Gasteiger partial charge < -0.3 is 10.1 Å². The van der Waals surface area contributed by atoms with Crippen molar-refractivity contribution >= 4 is 5.91 Å². The van der Waals surface area contributed by atoms with Crippen LogP contribution in [0.5, 0.6) is 11.6 Å². The first kappa shape index (κ1) is 20.3. The average molecular weight is 409 g/mol. The number of hydrogen-bond acceptors (Lipinski definition) is 4. The SMILES string of the molecule is Cc1ccc(-c2nccc(Oc3ccc(C(=O)NCCc4ccccc4)cc3)n2)cc1. The van der Waals surface area contributed by atoms with E-state index in [1.54, 1.807) is 36.5 Å². The van der Waals surface area contributed by atoms with Crippen LogP contribution in [0.3, 0.4) is 0 Å². The van der Waals surface area contributed by atoms with Crippen molar-refractivity contribution in [3.8, 4) is 23.0 Å². The molecule has 0 fully saturated rings. The van der Waals surface area contributed by atoms with Crippen molar-refractivity contribution in [1.82, 2.24) is 15.3 Å². The third kappa shape index (κ3) is 5.54. The molecule has 5 heteroatoms. The first-order chi connectivity index (χ1) is 15.2. The van der Waals surface area contributed by atoms with Gasteiger partial charge in [-0.1, -0.05) is 60.2 Å². The molecule has 4 rings (SSSR count). The van der Waals surface area contributed by atoms with Crippen LogP contribution in [0, 0.1) is 6.92 Å². The topological polar surface area (TPSA) is 64.1 Å². The third-order valence-electron chi connectivity index (χ3n) is 4.82. The summed E-state index contributed by atoms with van der Waals surface area (Å²) in [4.78, 5) is 21.2. The van der Waals surface area contributed by atoms with Crippen molar-refractivity contribution in [1.29, 1.82) is 0 Å². The van der Waals surface area contributed by atoms with Gasteiger partial charge in [-0.2, -0.15) is 4.98 Å². The lowest BCUT2D eigenvalue weighted by Gasteiger charge is -2.08. The Hall–Kier alpha value is -3.99. The van der Waals surface area contributed by atoms with Crippen LogP contribution in [0.25, 0.3) is 11.4 Å². The molecule has 0 aliphatic heterocycles. The summed E-state index contributed by atoms with van der Waals surface area (Å²) in [5.41, 5.74) is 3.89. The Morgan fingerprint density at radius 3 is 2.39 bits per heavy atom. The van der Waals surface area contributed by atoms with Crippen molar-refractivity contribution in [2.75, 3.05) is 6.54 Å². The largest absolute Gasteiger partial charge is 0.439 e. The summed E-state index contributed by atoms with van der Waals surface area (Å²) >= 11 is 0. The molecular weight excluding hydrogens is 386 g/mol. The van der Waals surface area contributed by atoms with Gasteiger partial charge in [0.1, 0.15) is 5.75 Å². The predicted octanol–water partition coefficient (Wildman–Crippen LogP) is 5.22. The molecule has 0 atom stereocenters. The molecule has 1 aromatic heterocycles. The van der Waals surface area contributed by atoms with E-state index in [2.05, 4.69) is 27.4 Å². The predicted molar refractivity (Wildman–Crippen MR) is 121 cm³/mol. The van der Waals surface area contributed by atoms with E-state index < -0.39 is 0 Å². The zero-order valence-electron chi connectivity index (χ0n) is 17.3. The number of hydrogen-bond donors (Lipinski definition) is 1. The minimum Gasteiger partial charge on any atom is -0.439 e.